The van der Waals surface area contributed by atoms with E-state index in [-0.39, 0.29) is 12.4 Å². The molecule has 0 fully saturated rings. The highest BCUT2D eigenvalue weighted by atomic mass is 19.1. The van der Waals surface area contributed by atoms with Crippen molar-refractivity contribution in [2.75, 3.05) is 14.2 Å². The van der Waals surface area contributed by atoms with Crippen molar-refractivity contribution in [3.05, 3.63) is 59.2 Å². The molecule has 0 spiro atoms. The van der Waals surface area contributed by atoms with Crippen LogP contribution in [0.2, 0.25) is 0 Å². The maximum atomic E-state index is 13.5. The van der Waals surface area contributed by atoms with Crippen LogP contribution in [0.1, 0.15) is 11.1 Å². The van der Waals surface area contributed by atoms with Gasteiger partial charge in [0.15, 0.2) is 11.6 Å². The molecule has 21 heavy (non-hydrogen) atoms. The number of rotatable bonds is 6. The molecule has 2 rings (SSSR count). The van der Waals surface area contributed by atoms with Gasteiger partial charge in [0.1, 0.15) is 18.2 Å². The number of benzene rings is 2. The molecule has 0 unspecified atom stereocenters. The maximum absolute atomic E-state index is 13.5. The second kappa shape index (κ2) is 7.04. The van der Waals surface area contributed by atoms with E-state index in [1.54, 1.807) is 7.11 Å². The molecule has 0 radical (unpaired) electrons. The molecule has 1 N–H and O–H groups in total. The molecular weight excluding hydrogens is 276 g/mol. The van der Waals surface area contributed by atoms with Crippen LogP contribution in [-0.2, 0) is 13.2 Å². The van der Waals surface area contributed by atoms with E-state index in [1.807, 2.05) is 25.2 Å². The molecule has 0 aliphatic carbocycles. The Morgan fingerprint density at radius 3 is 2.57 bits per heavy atom. The topological polar surface area (TPSA) is 30.5 Å². The second-order valence-electron chi connectivity index (χ2n) is 4.54. The van der Waals surface area contributed by atoms with E-state index in [2.05, 4.69) is 5.32 Å². The zero-order valence-electron chi connectivity index (χ0n) is 12.0. The Balaban J connectivity index is 2.18. The fourth-order valence-corrected chi connectivity index (χ4v) is 2.00. The minimum absolute atomic E-state index is 0.0983. The highest BCUT2D eigenvalue weighted by Crippen LogP contribution is 2.24. The Morgan fingerprint density at radius 1 is 1.05 bits per heavy atom. The van der Waals surface area contributed by atoms with Crippen LogP contribution in [0.3, 0.4) is 0 Å². The number of nitrogens with one attached hydrogen (secondary N) is 1. The third-order valence-corrected chi connectivity index (χ3v) is 3.00. The van der Waals surface area contributed by atoms with Gasteiger partial charge in [0.2, 0.25) is 0 Å². The SMILES string of the molecule is CNCc1ccc(OC)c(COc2cc(F)ccc2F)c1. The third-order valence-electron chi connectivity index (χ3n) is 3.00. The van der Waals surface area contributed by atoms with E-state index in [9.17, 15) is 8.78 Å². The normalized spacial score (nSPS) is 10.5. The second-order valence-corrected chi connectivity index (χ2v) is 4.54. The summed E-state index contributed by atoms with van der Waals surface area (Å²) < 4.78 is 37.2. The standard InChI is InChI=1S/C16H17F2NO2/c1-19-9-11-3-6-15(20-2)12(7-11)10-21-16-8-13(17)4-5-14(16)18/h3-8,19H,9-10H2,1-2H3. The molecule has 5 heteroatoms. The molecule has 0 heterocycles. The summed E-state index contributed by atoms with van der Waals surface area (Å²) in [6.07, 6.45) is 0. The molecule has 0 bridgehead atoms. The predicted molar refractivity (Wildman–Crippen MR) is 76.4 cm³/mol. The number of hydrogen-bond acceptors (Lipinski definition) is 3. The van der Waals surface area contributed by atoms with E-state index in [1.165, 1.54) is 0 Å². The maximum Gasteiger partial charge on any atom is 0.165 e. The summed E-state index contributed by atoms with van der Waals surface area (Å²) in [5.74, 6) is -0.605. The van der Waals surface area contributed by atoms with Crippen molar-refractivity contribution in [3.8, 4) is 11.5 Å². The molecule has 0 aliphatic rings. The number of hydrogen-bond donors (Lipinski definition) is 1. The van der Waals surface area contributed by atoms with Gasteiger partial charge < -0.3 is 14.8 Å². The molecule has 0 aliphatic heterocycles. The Kier molecular flexibility index (Phi) is 5.11. The van der Waals surface area contributed by atoms with Crippen LogP contribution in [0.5, 0.6) is 11.5 Å². The van der Waals surface area contributed by atoms with Gasteiger partial charge in [0.05, 0.1) is 7.11 Å². The fourth-order valence-electron chi connectivity index (χ4n) is 2.00. The van der Waals surface area contributed by atoms with Gasteiger partial charge in [0, 0.05) is 18.2 Å². The van der Waals surface area contributed by atoms with Crippen LogP contribution in [0.25, 0.3) is 0 Å². The van der Waals surface area contributed by atoms with Crippen LogP contribution >= 0.6 is 0 Å². The summed E-state index contributed by atoms with van der Waals surface area (Å²) in [4.78, 5) is 0. The molecule has 0 aromatic heterocycles. The van der Waals surface area contributed by atoms with Crippen LogP contribution < -0.4 is 14.8 Å². The van der Waals surface area contributed by atoms with E-state index in [4.69, 9.17) is 9.47 Å². The van der Waals surface area contributed by atoms with E-state index >= 15 is 0 Å². The number of ether oxygens (including phenoxy) is 2. The fraction of sp³-hybridized carbons (Fsp3) is 0.250. The van der Waals surface area contributed by atoms with Crippen molar-refractivity contribution in [3.63, 3.8) is 0 Å². The predicted octanol–water partition coefficient (Wildman–Crippen LogP) is 3.27. The molecule has 0 amide bonds. The molecule has 3 nitrogen and oxygen atoms in total. The molecular formula is C16H17F2NO2. The number of halogens is 2. The van der Waals surface area contributed by atoms with Gasteiger partial charge in [-0.05, 0) is 36.9 Å². The van der Waals surface area contributed by atoms with Crippen LogP contribution in [0.4, 0.5) is 8.78 Å². The van der Waals surface area contributed by atoms with Crippen molar-refractivity contribution in [1.82, 2.24) is 5.32 Å². The van der Waals surface area contributed by atoms with E-state index < -0.39 is 11.6 Å². The lowest BCUT2D eigenvalue weighted by atomic mass is 10.1. The first-order valence-corrected chi connectivity index (χ1v) is 6.52. The molecule has 2 aromatic rings. The lowest BCUT2D eigenvalue weighted by Gasteiger charge is -2.12. The lowest BCUT2D eigenvalue weighted by Crippen LogP contribution is -2.07. The third kappa shape index (κ3) is 3.92. The highest BCUT2D eigenvalue weighted by molar-refractivity contribution is 5.37. The van der Waals surface area contributed by atoms with Crippen LogP contribution in [0, 0.1) is 11.6 Å². The minimum atomic E-state index is -0.596. The summed E-state index contributed by atoms with van der Waals surface area (Å²) in [6, 6.07) is 8.79. The van der Waals surface area contributed by atoms with Crippen molar-refractivity contribution >= 4 is 0 Å². The molecule has 0 atom stereocenters. The van der Waals surface area contributed by atoms with Crippen LogP contribution in [0.15, 0.2) is 36.4 Å². The highest BCUT2D eigenvalue weighted by Gasteiger charge is 2.09. The Labute approximate surface area is 122 Å². The Bertz CT molecular complexity index is 617. The summed E-state index contributed by atoms with van der Waals surface area (Å²) in [7, 11) is 3.40. The van der Waals surface area contributed by atoms with Gasteiger partial charge in [0.25, 0.3) is 0 Å². The number of methoxy groups -OCH3 is 1. The Morgan fingerprint density at radius 2 is 1.86 bits per heavy atom. The van der Waals surface area contributed by atoms with Gasteiger partial charge in [-0.3, -0.25) is 0 Å². The van der Waals surface area contributed by atoms with Crippen molar-refractivity contribution in [1.29, 1.82) is 0 Å². The van der Waals surface area contributed by atoms with Gasteiger partial charge in [-0.15, -0.1) is 0 Å². The van der Waals surface area contributed by atoms with Gasteiger partial charge in [-0.2, -0.15) is 0 Å². The van der Waals surface area contributed by atoms with Gasteiger partial charge in [-0.25, -0.2) is 8.78 Å². The Hall–Kier alpha value is -2.14. The zero-order valence-corrected chi connectivity index (χ0v) is 12.0. The monoisotopic (exact) mass is 293 g/mol. The first-order chi connectivity index (χ1) is 10.1. The molecule has 0 saturated carbocycles. The summed E-state index contributed by atoms with van der Waals surface area (Å²) >= 11 is 0. The van der Waals surface area contributed by atoms with E-state index in [0.717, 1.165) is 29.3 Å². The average molecular weight is 293 g/mol. The van der Waals surface area contributed by atoms with Gasteiger partial charge in [-0.1, -0.05) is 6.07 Å². The lowest BCUT2D eigenvalue weighted by molar-refractivity contribution is 0.281. The van der Waals surface area contributed by atoms with E-state index in [0.29, 0.717) is 12.3 Å². The first-order valence-electron chi connectivity index (χ1n) is 6.52. The van der Waals surface area contributed by atoms with Crippen molar-refractivity contribution < 1.29 is 18.3 Å². The van der Waals surface area contributed by atoms with Gasteiger partial charge >= 0.3 is 0 Å². The average Bonchev–Trinajstić information content (AvgIpc) is 2.49. The molecule has 0 saturated heterocycles. The summed E-state index contributed by atoms with van der Waals surface area (Å²) in [6.45, 7) is 0.798. The van der Waals surface area contributed by atoms with Crippen molar-refractivity contribution in [2.45, 2.75) is 13.2 Å². The molecule has 2 aromatic carbocycles. The smallest absolute Gasteiger partial charge is 0.165 e. The van der Waals surface area contributed by atoms with Crippen molar-refractivity contribution in [2.24, 2.45) is 0 Å². The summed E-state index contributed by atoms with van der Waals surface area (Å²) in [5, 5.41) is 3.05. The summed E-state index contributed by atoms with van der Waals surface area (Å²) in [5.41, 5.74) is 1.82. The minimum Gasteiger partial charge on any atom is -0.496 e. The molecule has 112 valence electrons. The largest absolute Gasteiger partial charge is 0.496 e. The first kappa shape index (κ1) is 15.3. The quantitative estimate of drug-likeness (QED) is 0.886. The zero-order chi connectivity index (χ0) is 15.2. The van der Waals surface area contributed by atoms with Crippen LogP contribution in [-0.4, -0.2) is 14.2 Å².